The molecule has 82 valence electrons. The van der Waals surface area contributed by atoms with Gasteiger partial charge in [0.15, 0.2) is 0 Å². The summed E-state index contributed by atoms with van der Waals surface area (Å²) in [5.41, 5.74) is 0. The fraction of sp³-hybridized carbons (Fsp3) is 0.909. The highest BCUT2D eigenvalue weighted by Crippen LogP contribution is 2.21. The molecule has 0 spiro atoms. The minimum Gasteiger partial charge on any atom is -0.481 e. The summed E-state index contributed by atoms with van der Waals surface area (Å²) < 4.78 is 0. The molecule has 3 heteroatoms. The van der Waals surface area contributed by atoms with Crippen LogP contribution >= 0.6 is 0 Å². The molecular formula is C11H21NO2. The Labute approximate surface area is 86.1 Å². The van der Waals surface area contributed by atoms with Crippen molar-refractivity contribution in [3.05, 3.63) is 0 Å². The zero-order valence-electron chi connectivity index (χ0n) is 9.20. The van der Waals surface area contributed by atoms with Gasteiger partial charge in [-0.3, -0.25) is 4.79 Å². The second-order valence-electron chi connectivity index (χ2n) is 4.58. The van der Waals surface area contributed by atoms with Crippen LogP contribution in [0.4, 0.5) is 0 Å². The lowest BCUT2D eigenvalue weighted by Crippen LogP contribution is -2.48. The first kappa shape index (κ1) is 11.5. The van der Waals surface area contributed by atoms with Crippen LogP contribution in [0, 0.1) is 11.8 Å². The first-order valence-corrected chi connectivity index (χ1v) is 5.56. The van der Waals surface area contributed by atoms with Gasteiger partial charge in [-0.15, -0.1) is 0 Å². The van der Waals surface area contributed by atoms with Gasteiger partial charge >= 0.3 is 5.97 Å². The largest absolute Gasteiger partial charge is 0.481 e. The molecule has 0 saturated carbocycles. The molecule has 1 aliphatic rings. The minimum atomic E-state index is -0.678. The molecule has 0 aromatic heterocycles. The van der Waals surface area contributed by atoms with Crippen molar-refractivity contribution < 1.29 is 9.90 Å². The normalized spacial score (nSPS) is 20.4. The van der Waals surface area contributed by atoms with Crippen LogP contribution in [-0.2, 0) is 4.79 Å². The van der Waals surface area contributed by atoms with Crippen molar-refractivity contribution >= 4 is 5.97 Å². The van der Waals surface area contributed by atoms with Gasteiger partial charge in [-0.25, -0.2) is 0 Å². The maximum Gasteiger partial charge on any atom is 0.303 e. The number of rotatable bonds is 6. The second kappa shape index (κ2) is 5.35. The Bertz CT molecular complexity index is 188. The third-order valence-electron chi connectivity index (χ3n) is 2.82. The van der Waals surface area contributed by atoms with Crippen molar-refractivity contribution in [3.8, 4) is 0 Å². The van der Waals surface area contributed by atoms with Crippen molar-refractivity contribution in [2.24, 2.45) is 11.8 Å². The Kier molecular flexibility index (Phi) is 4.39. The van der Waals surface area contributed by atoms with Crippen LogP contribution in [0.15, 0.2) is 0 Å². The molecule has 1 N–H and O–H groups in total. The van der Waals surface area contributed by atoms with Gasteiger partial charge in [0, 0.05) is 26.1 Å². The number of nitrogens with zero attached hydrogens (tertiary/aromatic N) is 1. The highest BCUT2D eigenvalue weighted by molar-refractivity contribution is 5.66. The third kappa shape index (κ3) is 3.66. The average molecular weight is 199 g/mol. The van der Waals surface area contributed by atoms with E-state index in [0.29, 0.717) is 6.42 Å². The van der Waals surface area contributed by atoms with Crippen molar-refractivity contribution in [2.45, 2.75) is 33.1 Å². The standard InChI is InChI=1S/C11H21NO2/c1-3-4-10-7-12(8-10)6-9(2)5-11(13)14/h9-10H,3-8H2,1-2H3,(H,13,14). The Balaban J connectivity index is 2.07. The van der Waals surface area contributed by atoms with Crippen LogP contribution < -0.4 is 0 Å². The Morgan fingerprint density at radius 3 is 2.71 bits per heavy atom. The summed E-state index contributed by atoms with van der Waals surface area (Å²) in [5.74, 6) is 0.482. The second-order valence-corrected chi connectivity index (χ2v) is 4.58. The lowest BCUT2D eigenvalue weighted by Gasteiger charge is -2.40. The minimum absolute atomic E-state index is 0.287. The molecule has 0 aromatic carbocycles. The zero-order chi connectivity index (χ0) is 10.6. The first-order chi connectivity index (χ1) is 6.61. The summed E-state index contributed by atoms with van der Waals surface area (Å²) in [7, 11) is 0. The summed E-state index contributed by atoms with van der Waals surface area (Å²) in [6, 6.07) is 0. The molecule has 1 fully saturated rings. The maximum absolute atomic E-state index is 10.4. The van der Waals surface area contributed by atoms with E-state index in [9.17, 15) is 4.79 Å². The molecule has 1 unspecified atom stereocenters. The number of aliphatic carboxylic acids is 1. The predicted octanol–water partition coefficient (Wildman–Crippen LogP) is 1.83. The van der Waals surface area contributed by atoms with Crippen LogP contribution in [0.1, 0.15) is 33.1 Å². The highest BCUT2D eigenvalue weighted by Gasteiger charge is 2.26. The molecule has 0 bridgehead atoms. The number of likely N-dealkylation sites (tertiary alicyclic amines) is 1. The van der Waals surface area contributed by atoms with Gasteiger partial charge in [0.05, 0.1) is 0 Å². The van der Waals surface area contributed by atoms with Crippen LogP contribution in [-0.4, -0.2) is 35.6 Å². The van der Waals surface area contributed by atoms with E-state index in [1.807, 2.05) is 6.92 Å². The first-order valence-electron chi connectivity index (χ1n) is 5.56. The summed E-state index contributed by atoms with van der Waals surface area (Å²) in [6.07, 6.45) is 2.89. The molecule has 1 rings (SSSR count). The van der Waals surface area contributed by atoms with Crippen molar-refractivity contribution in [1.82, 2.24) is 4.90 Å². The Morgan fingerprint density at radius 2 is 2.21 bits per heavy atom. The molecule has 1 saturated heterocycles. The van der Waals surface area contributed by atoms with Crippen LogP contribution in [0.3, 0.4) is 0 Å². The van der Waals surface area contributed by atoms with Gasteiger partial charge in [-0.1, -0.05) is 20.3 Å². The number of hydrogen-bond acceptors (Lipinski definition) is 2. The highest BCUT2D eigenvalue weighted by atomic mass is 16.4. The molecular weight excluding hydrogens is 178 g/mol. The van der Waals surface area contributed by atoms with E-state index < -0.39 is 5.97 Å². The molecule has 1 heterocycles. The topological polar surface area (TPSA) is 40.5 Å². The Morgan fingerprint density at radius 1 is 1.57 bits per heavy atom. The van der Waals surface area contributed by atoms with E-state index in [-0.39, 0.29) is 5.92 Å². The van der Waals surface area contributed by atoms with Crippen LogP contribution in [0.2, 0.25) is 0 Å². The van der Waals surface area contributed by atoms with Crippen molar-refractivity contribution in [1.29, 1.82) is 0 Å². The number of carbonyl (C=O) groups is 1. The van der Waals surface area contributed by atoms with Crippen LogP contribution in [0.5, 0.6) is 0 Å². The SMILES string of the molecule is CCCC1CN(CC(C)CC(=O)O)C1. The molecule has 0 radical (unpaired) electrons. The van der Waals surface area contributed by atoms with Crippen molar-refractivity contribution in [3.63, 3.8) is 0 Å². The van der Waals surface area contributed by atoms with Gasteiger partial charge < -0.3 is 10.0 Å². The van der Waals surface area contributed by atoms with Gasteiger partial charge in [0.2, 0.25) is 0 Å². The lowest BCUT2D eigenvalue weighted by atomic mass is 9.93. The van der Waals surface area contributed by atoms with E-state index in [4.69, 9.17) is 5.11 Å². The molecule has 14 heavy (non-hydrogen) atoms. The monoisotopic (exact) mass is 199 g/mol. The Hall–Kier alpha value is -0.570. The summed E-state index contributed by atoms with van der Waals surface area (Å²) in [6.45, 7) is 7.54. The molecule has 0 aromatic rings. The van der Waals surface area contributed by atoms with Gasteiger partial charge in [-0.2, -0.15) is 0 Å². The van der Waals surface area contributed by atoms with Gasteiger partial charge in [0.1, 0.15) is 0 Å². The van der Waals surface area contributed by atoms with E-state index in [0.717, 1.165) is 12.5 Å². The number of hydrogen-bond donors (Lipinski definition) is 1. The van der Waals surface area contributed by atoms with Crippen molar-refractivity contribution in [2.75, 3.05) is 19.6 Å². The zero-order valence-corrected chi connectivity index (χ0v) is 9.20. The summed E-state index contributed by atoms with van der Waals surface area (Å²) in [5, 5.41) is 8.61. The summed E-state index contributed by atoms with van der Waals surface area (Å²) >= 11 is 0. The van der Waals surface area contributed by atoms with E-state index in [1.165, 1.54) is 25.9 Å². The van der Waals surface area contributed by atoms with E-state index in [1.54, 1.807) is 0 Å². The molecule has 0 amide bonds. The van der Waals surface area contributed by atoms with Gasteiger partial charge in [0.25, 0.3) is 0 Å². The van der Waals surface area contributed by atoms with Crippen LogP contribution in [0.25, 0.3) is 0 Å². The smallest absolute Gasteiger partial charge is 0.303 e. The fourth-order valence-corrected chi connectivity index (χ4v) is 2.22. The molecule has 1 aliphatic heterocycles. The number of carboxylic acid groups (broad SMARTS) is 1. The quantitative estimate of drug-likeness (QED) is 0.709. The fourth-order valence-electron chi connectivity index (χ4n) is 2.22. The van der Waals surface area contributed by atoms with E-state index in [2.05, 4.69) is 11.8 Å². The maximum atomic E-state index is 10.4. The van der Waals surface area contributed by atoms with Gasteiger partial charge in [-0.05, 0) is 18.3 Å². The molecule has 1 atom stereocenters. The predicted molar refractivity (Wildman–Crippen MR) is 56.3 cm³/mol. The average Bonchev–Trinajstić information content (AvgIpc) is 1.99. The molecule has 3 nitrogen and oxygen atoms in total. The van der Waals surface area contributed by atoms with E-state index >= 15 is 0 Å². The number of carboxylic acids is 1. The lowest BCUT2D eigenvalue weighted by molar-refractivity contribution is -0.138. The molecule has 0 aliphatic carbocycles. The summed E-state index contributed by atoms with van der Waals surface area (Å²) in [4.78, 5) is 12.8. The third-order valence-corrected chi connectivity index (χ3v) is 2.82.